The third-order valence-electron chi connectivity index (χ3n) is 3.15. The largest absolute Gasteiger partial charge is 0.373 e. The molecule has 0 amide bonds. The number of ether oxygens (including phenoxy) is 1. The number of hydrogen-bond acceptors (Lipinski definition) is 4. The fourth-order valence-corrected chi connectivity index (χ4v) is 1.89. The van der Waals surface area contributed by atoms with Gasteiger partial charge in [0, 0.05) is 18.0 Å². The molecule has 2 heterocycles. The molecule has 0 N–H and O–H groups in total. The van der Waals surface area contributed by atoms with Crippen LogP contribution in [0.1, 0.15) is 34.5 Å². The molecule has 0 aromatic carbocycles. The first kappa shape index (κ1) is 12.0. The molecular formula is C14H15N3O2. The molecule has 3 rings (SSSR count). The lowest BCUT2D eigenvalue weighted by Gasteiger charge is -2.08. The fraction of sp³-hybridized carbons (Fsp3) is 0.357. The van der Waals surface area contributed by atoms with Crippen LogP contribution in [-0.2, 0) is 11.3 Å². The van der Waals surface area contributed by atoms with Crippen LogP contribution in [0.25, 0.3) is 5.82 Å². The van der Waals surface area contributed by atoms with E-state index >= 15 is 0 Å². The predicted octanol–water partition coefficient (Wildman–Crippen LogP) is 2.07. The minimum atomic E-state index is 0.401. The summed E-state index contributed by atoms with van der Waals surface area (Å²) >= 11 is 0. The molecule has 0 atom stereocenters. The lowest BCUT2D eigenvalue weighted by molar-refractivity contribution is 0.105. The van der Waals surface area contributed by atoms with Crippen LogP contribution in [0.15, 0.2) is 24.5 Å². The van der Waals surface area contributed by atoms with Crippen molar-refractivity contribution in [2.75, 3.05) is 0 Å². The van der Waals surface area contributed by atoms with Crippen LogP contribution >= 0.6 is 0 Å². The smallest absolute Gasteiger partial charge is 0.158 e. The number of aldehydes is 1. The van der Waals surface area contributed by atoms with E-state index in [0.29, 0.717) is 24.0 Å². The Balaban J connectivity index is 1.91. The summed E-state index contributed by atoms with van der Waals surface area (Å²) in [7, 11) is 0. The minimum Gasteiger partial charge on any atom is -0.373 e. The van der Waals surface area contributed by atoms with Crippen LogP contribution in [0, 0.1) is 6.92 Å². The molecule has 1 saturated carbocycles. The summed E-state index contributed by atoms with van der Waals surface area (Å²) < 4.78 is 7.36. The van der Waals surface area contributed by atoms with Gasteiger partial charge in [0.05, 0.1) is 24.0 Å². The Morgan fingerprint density at radius 1 is 1.53 bits per heavy atom. The normalized spacial score (nSPS) is 14.6. The van der Waals surface area contributed by atoms with Gasteiger partial charge in [0.2, 0.25) is 0 Å². The number of aromatic nitrogens is 3. The molecule has 0 spiro atoms. The fourth-order valence-electron chi connectivity index (χ4n) is 1.89. The first-order chi connectivity index (χ1) is 9.28. The van der Waals surface area contributed by atoms with Crippen molar-refractivity contribution in [3.63, 3.8) is 0 Å². The average Bonchev–Trinajstić information content (AvgIpc) is 3.19. The number of hydrogen-bond donors (Lipinski definition) is 0. The topological polar surface area (TPSA) is 57.0 Å². The van der Waals surface area contributed by atoms with Gasteiger partial charge in [0.25, 0.3) is 0 Å². The maximum absolute atomic E-state index is 10.9. The number of nitrogens with zero attached hydrogens (tertiary/aromatic N) is 3. The van der Waals surface area contributed by atoms with Crippen LogP contribution in [0.2, 0.25) is 0 Å². The van der Waals surface area contributed by atoms with Crippen molar-refractivity contribution in [3.05, 3.63) is 41.3 Å². The number of carbonyl (C=O) groups excluding carboxylic acids is 1. The number of pyridine rings is 1. The molecule has 0 saturated heterocycles. The number of aryl methyl sites for hydroxylation is 1. The second kappa shape index (κ2) is 4.93. The Kier molecular flexibility index (Phi) is 3.13. The van der Waals surface area contributed by atoms with E-state index in [1.807, 2.05) is 19.1 Å². The van der Waals surface area contributed by atoms with E-state index in [9.17, 15) is 4.79 Å². The summed E-state index contributed by atoms with van der Waals surface area (Å²) in [5, 5.41) is 4.32. The van der Waals surface area contributed by atoms with E-state index in [1.54, 1.807) is 17.1 Å². The highest BCUT2D eigenvalue weighted by molar-refractivity contribution is 5.76. The molecule has 5 nitrogen and oxygen atoms in total. The second-order valence-corrected chi connectivity index (χ2v) is 4.73. The van der Waals surface area contributed by atoms with E-state index in [1.165, 1.54) is 0 Å². The monoisotopic (exact) mass is 257 g/mol. The van der Waals surface area contributed by atoms with E-state index in [2.05, 4.69) is 10.1 Å². The number of rotatable bonds is 5. The molecule has 1 fully saturated rings. The molecule has 0 radical (unpaired) electrons. The SMILES string of the molecule is Cc1nn(-c2ncccc2COC2CC2)cc1C=O. The molecule has 2 aromatic heterocycles. The highest BCUT2D eigenvalue weighted by Gasteiger charge is 2.22. The van der Waals surface area contributed by atoms with Gasteiger partial charge in [-0.25, -0.2) is 9.67 Å². The Hall–Kier alpha value is -2.01. The summed E-state index contributed by atoms with van der Waals surface area (Å²) in [6, 6.07) is 3.86. The third kappa shape index (κ3) is 2.56. The second-order valence-electron chi connectivity index (χ2n) is 4.73. The number of carbonyl (C=O) groups is 1. The van der Waals surface area contributed by atoms with Crippen LogP contribution in [-0.4, -0.2) is 27.2 Å². The van der Waals surface area contributed by atoms with Crippen LogP contribution < -0.4 is 0 Å². The summed E-state index contributed by atoms with van der Waals surface area (Å²) in [5.74, 6) is 0.722. The molecule has 0 aliphatic heterocycles. The summed E-state index contributed by atoms with van der Waals surface area (Å²) in [4.78, 5) is 15.2. The molecule has 2 aromatic rings. The maximum Gasteiger partial charge on any atom is 0.158 e. The van der Waals surface area contributed by atoms with E-state index in [4.69, 9.17) is 4.74 Å². The van der Waals surface area contributed by atoms with Crippen LogP contribution in [0.5, 0.6) is 0 Å². The van der Waals surface area contributed by atoms with Gasteiger partial charge < -0.3 is 4.74 Å². The summed E-state index contributed by atoms with van der Waals surface area (Å²) in [6.07, 6.45) is 6.91. The molecular weight excluding hydrogens is 242 g/mol. The van der Waals surface area contributed by atoms with Gasteiger partial charge in [-0.3, -0.25) is 4.79 Å². The summed E-state index contributed by atoms with van der Waals surface area (Å²) in [5.41, 5.74) is 2.27. The lowest BCUT2D eigenvalue weighted by atomic mass is 10.2. The highest BCUT2D eigenvalue weighted by Crippen LogP contribution is 2.25. The van der Waals surface area contributed by atoms with E-state index in [0.717, 1.165) is 30.5 Å². The Morgan fingerprint density at radius 3 is 3.05 bits per heavy atom. The minimum absolute atomic E-state index is 0.401. The van der Waals surface area contributed by atoms with Gasteiger partial charge in [0.15, 0.2) is 12.1 Å². The van der Waals surface area contributed by atoms with Gasteiger partial charge in [-0.2, -0.15) is 5.10 Å². The van der Waals surface area contributed by atoms with Gasteiger partial charge >= 0.3 is 0 Å². The Labute approximate surface area is 111 Å². The van der Waals surface area contributed by atoms with Crippen molar-refractivity contribution in [2.24, 2.45) is 0 Å². The van der Waals surface area contributed by atoms with Crippen molar-refractivity contribution >= 4 is 6.29 Å². The molecule has 0 bridgehead atoms. The Bertz CT molecular complexity index is 602. The standard InChI is InChI=1S/C14H15N3O2/c1-10-12(8-18)7-17(16-10)14-11(3-2-6-15-14)9-19-13-4-5-13/h2-3,6-8,13H,4-5,9H2,1H3. The van der Waals surface area contributed by atoms with Crippen LogP contribution in [0.3, 0.4) is 0 Å². The quantitative estimate of drug-likeness (QED) is 0.769. The zero-order valence-electron chi connectivity index (χ0n) is 10.7. The molecule has 0 unspecified atom stereocenters. The van der Waals surface area contributed by atoms with Gasteiger partial charge in [-0.15, -0.1) is 0 Å². The third-order valence-corrected chi connectivity index (χ3v) is 3.15. The predicted molar refractivity (Wildman–Crippen MR) is 69.3 cm³/mol. The van der Waals surface area contributed by atoms with Gasteiger partial charge in [-0.05, 0) is 25.8 Å². The van der Waals surface area contributed by atoms with Gasteiger partial charge in [-0.1, -0.05) is 6.07 Å². The molecule has 19 heavy (non-hydrogen) atoms. The van der Waals surface area contributed by atoms with Gasteiger partial charge in [0.1, 0.15) is 0 Å². The summed E-state index contributed by atoms with van der Waals surface area (Å²) in [6.45, 7) is 2.34. The van der Waals surface area contributed by atoms with Crippen molar-refractivity contribution < 1.29 is 9.53 Å². The van der Waals surface area contributed by atoms with Crippen LogP contribution in [0.4, 0.5) is 0 Å². The van der Waals surface area contributed by atoms with Crippen molar-refractivity contribution in [3.8, 4) is 5.82 Å². The highest BCUT2D eigenvalue weighted by atomic mass is 16.5. The van der Waals surface area contributed by atoms with Crippen molar-refractivity contribution in [1.82, 2.24) is 14.8 Å². The Morgan fingerprint density at radius 2 is 2.37 bits per heavy atom. The average molecular weight is 257 g/mol. The first-order valence-electron chi connectivity index (χ1n) is 6.35. The molecule has 98 valence electrons. The molecule has 1 aliphatic rings. The van der Waals surface area contributed by atoms with Crippen molar-refractivity contribution in [2.45, 2.75) is 32.5 Å². The zero-order chi connectivity index (χ0) is 13.2. The van der Waals surface area contributed by atoms with E-state index < -0.39 is 0 Å². The molecule has 1 aliphatic carbocycles. The zero-order valence-corrected chi connectivity index (χ0v) is 10.7. The molecule has 5 heteroatoms. The maximum atomic E-state index is 10.9. The van der Waals surface area contributed by atoms with E-state index in [-0.39, 0.29) is 0 Å². The van der Waals surface area contributed by atoms with Crippen molar-refractivity contribution in [1.29, 1.82) is 0 Å². The first-order valence-corrected chi connectivity index (χ1v) is 6.35. The lowest BCUT2D eigenvalue weighted by Crippen LogP contribution is -2.05.